The van der Waals surface area contributed by atoms with Crippen molar-refractivity contribution in [2.75, 3.05) is 5.75 Å². The van der Waals surface area contributed by atoms with Gasteiger partial charge in [0.15, 0.2) is 5.69 Å². The van der Waals surface area contributed by atoms with E-state index in [4.69, 9.17) is 0 Å². The molecular formula is C14H21F3N2S2. The molecule has 21 heavy (non-hydrogen) atoms. The minimum atomic E-state index is -4.37. The normalized spacial score (nSPS) is 20.8. The van der Waals surface area contributed by atoms with Crippen molar-refractivity contribution in [3.05, 3.63) is 15.6 Å². The number of aromatic nitrogens is 1. The third kappa shape index (κ3) is 4.86. The zero-order valence-corrected chi connectivity index (χ0v) is 14.1. The Hall–Kier alpha value is -0.270. The van der Waals surface area contributed by atoms with Gasteiger partial charge in [-0.3, -0.25) is 0 Å². The summed E-state index contributed by atoms with van der Waals surface area (Å²) in [4.78, 5) is 4.24. The summed E-state index contributed by atoms with van der Waals surface area (Å²) in [5.41, 5.74) is -0.919. The standard InChI is InChI=1S/C14H21F3N2S2/c1-13(2,3)18-8-10-11(14(15,16)17)19-12(21-10)9-6-4-5-7-20-9/h9,18H,4-8H2,1-3H3. The molecule has 0 saturated carbocycles. The van der Waals surface area contributed by atoms with Crippen LogP contribution < -0.4 is 5.32 Å². The third-order valence-electron chi connectivity index (χ3n) is 3.22. The maximum Gasteiger partial charge on any atom is 0.434 e. The SMILES string of the molecule is CC(C)(C)NCc1sc(C2CCCCS2)nc1C(F)(F)F. The van der Waals surface area contributed by atoms with Crippen LogP contribution in [0.3, 0.4) is 0 Å². The molecule has 1 aromatic heterocycles. The number of hydrogen-bond donors (Lipinski definition) is 1. The number of alkyl halides is 3. The van der Waals surface area contributed by atoms with Crippen LogP contribution in [0, 0.1) is 0 Å². The van der Waals surface area contributed by atoms with E-state index in [2.05, 4.69) is 10.3 Å². The molecule has 1 aromatic rings. The Labute approximate surface area is 131 Å². The Balaban J connectivity index is 2.22. The third-order valence-corrected chi connectivity index (χ3v) is 5.92. The minimum absolute atomic E-state index is 0.133. The highest BCUT2D eigenvalue weighted by atomic mass is 32.2. The number of rotatable bonds is 3. The van der Waals surface area contributed by atoms with Crippen molar-refractivity contribution < 1.29 is 13.2 Å². The molecule has 0 aliphatic carbocycles. The fourth-order valence-electron chi connectivity index (χ4n) is 2.13. The fraction of sp³-hybridized carbons (Fsp3) is 0.786. The van der Waals surface area contributed by atoms with Crippen LogP contribution >= 0.6 is 23.1 Å². The first kappa shape index (κ1) is 17.1. The van der Waals surface area contributed by atoms with E-state index in [1.54, 1.807) is 11.8 Å². The lowest BCUT2D eigenvalue weighted by Crippen LogP contribution is -2.35. The second-order valence-corrected chi connectivity index (χ2v) is 8.71. The lowest BCUT2D eigenvalue weighted by Gasteiger charge is -2.20. The average molecular weight is 338 g/mol. The predicted octanol–water partition coefficient (Wildman–Crippen LogP) is 5.01. The lowest BCUT2D eigenvalue weighted by atomic mass is 10.1. The number of nitrogens with one attached hydrogen (secondary N) is 1. The molecule has 2 nitrogen and oxygen atoms in total. The molecule has 2 heterocycles. The molecule has 1 saturated heterocycles. The van der Waals surface area contributed by atoms with Crippen LogP contribution in [0.15, 0.2) is 0 Å². The molecular weight excluding hydrogens is 317 g/mol. The van der Waals surface area contributed by atoms with Gasteiger partial charge in [0.2, 0.25) is 0 Å². The van der Waals surface area contributed by atoms with Crippen LogP contribution in [-0.4, -0.2) is 16.3 Å². The van der Waals surface area contributed by atoms with Gasteiger partial charge in [0.25, 0.3) is 0 Å². The van der Waals surface area contributed by atoms with Crippen LogP contribution in [0.4, 0.5) is 13.2 Å². The number of thiazole rings is 1. The summed E-state index contributed by atoms with van der Waals surface area (Å²) in [7, 11) is 0. The summed E-state index contributed by atoms with van der Waals surface area (Å²) < 4.78 is 39.5. The Bertz CT molecular complexity index is 472. The second kappa shape index (κ2) is 6.46. The fourth-order valence-corrected chi connectivity index (χ4v) is 4.70. The largest absolute Gasteiger partial charge is 0.434 e. The second-order valence-electron chi connectivity index (χ2n) is 6.28. The molecule has 1 unspecified atom stereocenters. The van der Waals surface area contributed by atoms with E-state index in [-0.39, 0.29) is 17.3 Å². The van der Waals surface area contributed by atoms with Crippen molar-refractivity contribution in [2.24, 2.45) is 0 Å². The number of halogens is 3. The smallest absolute Gasteiger partial charge is 0.307 e. The Morgan fingerprint density at radius 1 is 1.24 bits per heavy atom. The van der Waals surface area contributed by atoms with Crippen molar-refractivity contribution in [1.29, 1.82) is 0 Å². The van der Waals surface area contributed by atoms with Gasteiger partial charge in [-0.1, -0.05) is 6.42 Å². The van der Waals surface area contributed by atoms with Gasteiger partial charge in [-0.25, -0.2) is 4.98 Å². The molecule has 2 rings (SSSR count). The van der Waals surface area contributed by atoms with E-state index >= 15 is 0 Å². The summed E-state index contributed by atoms with van der Waals surface area (Å²) in [5.74, 6) is 1.02. The maximum absolute atomic E-state index is 13.2. The van der Waals surface area contributed by atoms with Crippen LogP contribution in [0.2, 0.25) is 0 Å². The molecule has 1 aliphatic heterocycles. The van der Waals surface area contributed by atoms with Gasteiger partial charge < -0.3 is 5.32 Å². The zero-order valence-electron chi connectivity index (χ0n) is 12.5. The number of hydrogen-bond acceptors (Lipinski definition) is 4. The molecule has 0 spiro atoms. The molecule has 0 amide bonds. The molecule has 120 valence electrons. The van der Waals surface area contributed by atoms with Gasteiger partial charge in [0.1, 0.15) is 5.01 Å². The van der Waals surface area contributed by atoms with E-state index in [0.29, 0.717) is 9.88 Å². The van der Waals surface area contributed by atoms with Crippen molar-refractivity contribution in [1.82, 2.24) is 10.3 Å². The lowest BCUT2D eigenvalue weighted by molar-refractivity contribution is -0.141. The van der Waals surface area contributed by atoms with E-state index in [1.165, 1.54) is 11.3 Å². The highest BCUT2D eigenvalue weighted by Crippen LogP contribution is 2.43. The molecule has 1 aliphatic rings. The first-order chi connectivity index (χ1) is 9.67. The van der Waals surface area contributed by atoms with Gasteiger partial charge in [-0.05, 0) is 39.4 Å². The first-order valence-corrected chi connectivity index (χ1v) is 8.97. The van der Waals surface area contributed by atoms with Crippen LogP contribution in [0.25, 0.3) is 0 Å². The molecule has 0 radical (unpaired) electrons. The zero-order chi connectivity index (χ0) is 15.7. The van der Waals surface area contributed by atoms with Crippen molar-refractivity contribution in [3.8, 4) is 0 Å². The predicted molar refractivity (Wildman–Crippen MR) is 82.8 cm³/mol. The number of nitrogens with zero attached hydrogens (tertiary/aromatic N) is 1. The van der Waals surface area contributed by atoms with Crippen molar-refractivity contribution in [2.45, 2.75) is 63.5 Å². The Morgan fingerprint density at radius 2 is 1.95 bits per heavy atom. The van der Waals surface area contributed by atoms with Crippen molar-refractivity contribution >= 4 is 23.1 Å². The molecule has 0 bridgehead atoms. The molecule has 1 atom stereocenters. The van der Waals surface area contributed by atoms with E-state index in [1.807, 2.05) is 20.8 Å². The van der Waals surface area contributed by atoms with Gasteiger partial charge in [0.05, 0.1) is 10.1 Å². The summed E-state index contributed by atoms with van der Waals surface area (Å²) in [6, 6.07) is 0. The summed E-state index contributed by atoms with van der Waals surface area (Å²) >= 11 is 2.95. The molecule has 1 fully saturated rings. The molecule has 7 heteroatoms. The molecule has 0 aromatic carbocycles. The Kier molecular flexibility index (Phi) is 5.26. The maximum atomic E-state index is 13.2. The van der Waals surface area contributed by atoms with Crippen LogP contribution in [-0.2, 0) is 12.7 Å². The highest BCUT2D eigenvalue weighted by molar-refractivity contribution is 7.99. The van der Waals surface area contributed by atoms with Gasteiger partial charge in [-0.2, -0.15) is 24.9 Å². The Morgan fingerprint density at radius 3 is 2.48 bits per heavy atom. The summed E-state index contributed by atoms with van der Waals surface area (Å²) in [6.07, 6.45) is -1.21. The summed E-state index contributed by atoms with van der Waals surface area (Å²) in [5, 5.41) is 3.90. The van der Waals surface area contributed by atoms with E-state index in [9.17, 15) is 13.2 Å². The monoisotopic (exact) mass is 338 g/mol. The van der Waals surface area contributed by atoms with Crippen LogP contribution in [0.1, 0.15) is 60.9 Å². The molecule has 1 N–H and O–H groups in total. The number of thioether (sulfide) groups is 1. The topological polar surface area (TPSA) is 24.9 Å². The van der Waals surface area contributed by atoms with Crippen molar-refractivity contribution in [3.63, 3.8) is 0 Å². The summed E-state index contributed by atoms with van der Waals surface area (Å²) in [6.45, 7) is 6.05. The van der Waals surface area contributed by atoms with E-state index in [0.717, 1.165) is 25.0 Å². The average Bonchev–Trinajstić information content (AvgIpc) is 2.81. The van der Waals surface area contributed by atoms with Crippen LogP contribution in [0.5, 0.6) is 0 Å². The highest BCUT2D eigenvalue weighted by Gasteiger charge is 2.38. The first-order valence-electron chi connectivity index (χ1n) is 7.10. The van der Waals surface area contributed by atoms with Gasteiger partial charge in [0, 0.05) is 12.1 Å². The van der Waals surface area contributed by atoms with Gasteiger partial charge >= 0.3 is 6.18 Å². The van der Waals surface area contributed by atoms with E-state index < -0.39 is 11.9 Å². The van der Waals surface area contributed by atoms with Gasteiger partial charge in [-0.15, -0.1) is 11.3 Å². The quantitative estimate of drug-likeness (QED) is 0.839. The minimum Gasteiger partial charge on any atom is -0.307 e.